The third-order valence-electron chi connectivity index (χ3n) is 2.87. The van der Waals surface area contributed by atoms with Crippen molar-refractivity contribution in [2.75, 3.05) is 25.6 Å². The molecule has 0 fully saturated rings. The molecule has 2 rings (SSSR count). The number of benzene rings is 1. The van der Waals surface area contributed by atoms with E-state index in [1.807, 2.05) is 10.8 Å². The van der Waals surface area contributed by atoms with Crippen molar-refractivity contribution in [3.63, 3.8) is 0 Å². The van der Waals surface area contributed by atoms with Gasteiger partial charge in [0, 0.05) is 42.8 Å². The maximum Gasteiger partial charge on any atom is 0.207 e. The lowest BCUT2D eigenvalue weighted by atomic mass is 10.2. The molecule has 19 heavy (non-hydrogen) atoms. The second-order valence-corrected chi connectivity index (χ2v) is 5.18. The van der Waals surface area contributed by atoms with Crippen LogP contribution < -0.4 is 5.32 Å². The first-order valence-electron chi connectivity index (χ1n) is 6.25. The summed E-state index contributed by atoms with van der Waals surface area (Å²) in [6, 6.07) is 6.25. The van der Waals surface area contributed by atoms with Gasteiger partial charge in [0.1, 0.15) is 0 Å². The third kappa shape index (κ3) is 3.58. The molecular formula is C14H18BrN3O. The monoisotopic (exact) mass is 323 g/mol. The average molecular weight is 324 g/mol. The Kier molecular flexibility index (Phi) is 4.99. The van der Waals surface area contributed by atoms with Crippen LogP contribution in [0.25, 0.3) is 5.69 Å². The van der Waals surface area contributed by atoms with Crippen molar-refractivity contribution in [1.29, 1.82) is 0 Å². The summed E-state index contributed by atoms with van der Waals surface area (Å²) in [5.74, 6) is 0.859. The maximum absolute atomic E-state index is 5.03. The molecule has 0 amide bonds. The zero-order valence-corrected chi connectivity index (χ0v) is 12.8. The molecule has 0 aliphatic carbocycles. The molecule has 0 aliphatic heterocycles. The van der Waals surface area contributed by atoms with Crippen molar-refractivity contribution < 1.29 is 4.74 Å². The number of methoxy groups -OCH3 is 1. The first-order valence-corrected chi connectivity index (χ1v) is 7.04. The van der Waals surface area contributed by atoms with Crippen molar-refractivity contribution in [3.05, 3.63) is 40.6 Å². The number of rotatable bonds is 6. The van der Waals surface area contributed by atoms with E-state index in [1.54, 1.807) is 13.3 Å². The summed E-state index contributed by atoms with van der Waals surface area (Å²) in [5, 5.41) is 3.32. The van der Waals surface area contributed by atoms with Gasteiger partial charge in [0.25, 0.3) is 0 Å². The number of anilines is 1. The number of halogens is 1. The van der Waals surface area contributed by atoms with E-state index in [1.165, 1.54) is 5.56 Å². The van der Waals surface area contributed by atoms with E-state index in [0.29, 0.717) is 0 Å². The van der Waals surface area contributed by atoms with Gasteiger partial charge in [-0.05, 0) is 37.1 Å². The molecule has 2 aromatic rings. The summed E-state index contributed by atoms with van der Waals surface area (Å²) in [5.41, 5.74) is 2.31. The lowest BCUT2D eigenvalue weighted by Crippen LogP contribution is -2.09. The Balaban J connectivity index is 2.12. The van der Waals surface area contributed by atoms with E-state index >= 15 is 0 Å². The summed E-state index contributed by atoms with van der Waals surface area (Å²) in [6.45, 7) is 3.68. The first-order chi connectivity index (χ1) is 9.22. The van der Waals surface area contributed by atoms with Crippen LogP contribution >= 0.6 is 15.9 Å². The molecule has 0 bridgehead atoms. The van der Waals surface area contributed by atoms with Gasteiger partial charge in [-0.2, -0.15) is 0 Å². The van der Waals surface area contributed by atoms with Crippen LogP contribution in [-0.4, -0.2) is 29.8 Å². The van der Waals surface area contributed by atoms with E-state index in [0.717, 1.165) is 35.7 Å². The van der Waals surface area contributed by atoms with E-state index in [9.17, 15) is 0 Å². The van der Waals surface area contributed by atoms with Crippen molar-refractivity contribution in [2.24, 2.45) is 0 Å². The Morgan fingerprint density at radius 2 is 2.26 bits per heavy atom. The Labute approximate surface area is 121 Å². The molecule has 1 aromatic heterocycles. The fraction of sp³-hybridized carbons (Fsp3) is 0.357. The minimum absolute atomic E-state index is 0.755. The maximum atomic E-state index is 5.03. The molecule has 0 radical (unpaired) electrons. The molecule has 1 aromatic carbocycles. The molecule has 0 aliphatic rings. The van der Waals surface area contributed by atoms with Crippen LogP contribution in [0.3, 0.4) is 0 Å². The number of imidazole rings is 1. The molecule has 4 nitrogen and oxygen atoms in total. The number of nitrogens with one attached hydrogen (secondary N) is 1. The molecular weight excluding hydrogens is 306 g/mol. The van der Waals surface area contributed by atoms with Crippen LogP contribution in [0.4, 0.5) is 5.95 Å². The second kappa shape index (κ2) is 6.73. The lowest BCUT2D eigenvalue weighted by molar-refractivity contribution is 0.197. The largest absolute Gasteiger partial charge is 0.385 e. The number of hydrogen-bond acceptors (Lipinski definition) is 3. The topological polar surface area (TPSA) is 39.1 Å². The highest BCUT2D eigenvalue weighted by molar-refractivity contribution is 9.10. The van der Waals surface area contributed by atoms with Gasteiger partial charge in [-0.15, -0.1) is 0 Å². The van der Waals surface area contributed by atoms with E-state index in [2.05, 4.69) is 51.4 Å². The summed E-state index contributed by atoms with van der Waals surface area (Å²) in [7, 11) is 1.71. The summed E-state index contributed by atoms with van der Waals surface area (Å²) in [4.78, 5) is 4.34. The Hall–Kier alpha value is -1.33. The SMILES string of the molecule is COCCCNc1nccn1-c1ccc(Br)c(C)c1. The van der Waals surface area contributed by atoms with Crippen LogP contribution in [0.5, 0.6) is 0 Å². The normalized spacial score (nSPS) is 10.7. The first kappa shape index (κ1) is 14.1. The standard InChI is InChI=1S/C14H18BrN3O/c1-11-10-12(4-5-13(11)15)18-8-7-17-14(18)16-6-3-9-19-2/h4-5,7-8,10H,3,6,9H2,1-2H3,(H,16,17). The summed E-state index contributed by atoms with van der Waals surface area (Å²) < 4.78 is 8.20. The van der Waals surface area contributed by atoms with Gasteiger partial charge in [0.05, 0.1) is 0 Å². The molecule has 1 heterocycles. The smallest absolute Gasteiger partial charge is 0.207 e. The number of nitrogens with zero attached hydrogens (tertiary/aromatic N) is 2. The average Bonchev–Trinajstić information content (AvgIpc) is 2.86. The highest BCUT2D eigenvalue weighted by Crippen LogP contribution is 2.21. The Morgan fingerprint density at radius 1 is 1.42 bits per heavy atom. The third-order valence-corrected chi connectivity index (χ3v) is 3.76. The highest BCUT2D eigenvalue weighted by atomic mass is 79.9. The van der Waals surface area contributed by atoms with Crippen molar-refractivity contribution in [1.82, 2.24) is 9.55 Å². The van der Waals surface area contributed by atoms with Gasteiger partial charge in [0.2, 0.25) is 5.95 Å². The van der Waals surface area contributed by atoms with E-state index in [4.69, 9.17) is 4.74 Å². The molecule has 5 heteroatoms. The van der Waals surface area contributed by atoms with Gasteiger partial charge in [0.15, 0.2) is 0 Å². The predicted octanol–water partition coefficient (Wildman–Crippen LogP) is 3.39. The molecule has 0 spiro atoms. The molecule has 0 unspecified atom stereocenters. The number of hydrogen-bond donors (Lipinski definition) is 1. The van der Waals surface area contributed by atoms with Crippen LogP contribution in [0.2, 0.25) is 0 Å². The molecule has 1 N–H and O–H groups in total. The predicted molar refractivity (Wildman–Crippen MR) is 81.0 cm³/mol. The van der Waals surface area contributed by atoms with Crippen molar-refractivity contribution in [3.8, 4) is 5.69 Å². The van der Waals surface area contributed by atoms with Gasteiger partial charge >= 0.3 is 0 Å². The van der Waals surface area contributed by atoms with Crippen LogP contribution in [0.15, 0.2) is 35.1 Å². The van der Waals surface area contributed by atoms with Gasteiger partial charge in [-0.25, -0.2) is 4.98 Å². The zero-order chi connectivity index (χ0) is 13.7. The Bertz CT molecular complexity index is 539. The number of aromatic nitrogens is 2. The minimum atomic E-state index is 0.755. The van der Waals surface area contributed by atoms with Crippen LogP contribution in [-0.2, 0) is 4.74 Å². The molecule has 0 saturated heterocycles. The molecule has 0 saturated carbocycles. The van der Waals surface area contributed by atoms with Gasteiger partial charge < -0.3 is 10.1 Å². The summed E-state index contributed by atoms with van der Waals surface area (Å²) >= 11 is 3.52. The zero-order valence-electron chi connectivity index (χ0n) is 11.2. The second-order valence-electron chi connectivity index (χ2n) is 4.33. The molecule has 0 atom stereocenters. The van der Waals surface area contributed by atoms with Crippen LogP contribution in [0.1, 0.15) is 12.0 Å². The highest BCUT2D eigenvalue weighted by Gasteiger charge is 2.05. The Morgan fingerprint density at radius 3 is 3.00 bits per heavy atom. The molecule has 102 valence electrons. The van der Waals surface area contributed by atoms with Gasteiger partial charge in [-0.1, -0.05) is 15.9 Å². The van der Waals surface area contributed by atoms with E-state index < -0.39 is 0 Å². The van der Waals surface area contributed by atoms with Crippen molar-refractivity contribution >= 4 is 21.9 Å². The number of aryl methyl sites for hydroxylation is 1. The number of ether oxygens (including phenoxy) is 1. The fourth-order valence-electron chi connectivity index (χ4n) is 1.84. The van der Waals surface area contributed by atoms with E-state index in [-0.39, 0.29) is 0 Å². The summed E-state index contributed by atoms with van der Waals surface area (Å²) in [6.07, 6.45) is 4.72. The minimum Gasteiger partial charge on any atom is -0.385 e. The quantitative estimate of drug-likeness (QED) is 0.828. The van der Waals surface area contributed by atoms with Crippen molar-refractivity contribution in [2.45, 2.75) is 13.3 Å². The fourth-order valence-corrected chi connectivity index (χ4v) is 2.08. The van der Waals surface area contributed by atoms with Crippen LogP contribution in [0, 0.1) is 6.92 Å². The van der Waals surface area contributed by atoms with Gasteiger partial charge in [-0.3, -0.25) is 4.57 Å². The lowest BCUT2D eigenvalue weighted by Gasteiger charge is -2.11.